The van der Waals surface area contributed by atoms with Crippen LogP contribution in [0.15, 0.2) is 24.3 Å². The molecule has 0 spiro atoms. The lowest BCUT2D eigenvalue weighted by molar-refractivity contribution is 0.412. The molecule has 0 aliphatic carbocycles. The molecule has 2 aliphatic heterocycles. The molecule has 0 radical (unpaired) electrons. The first kappa shape index (κ1) is 13.7. The lowest BCUT2D eigenvalue weighted by Gasteiger charge is -2.25. The summed E-state index contributed by atoms with van der Waals surface area (Å²) in [5.41, 5.74) is 2.87. The topological polar surface area (TPSA) is 15.3 Å². The zero-order valence-electron chi connectivity index (χ0n) is 10.9. The van der Waals surface area contributed by atoms with E-state index in [9.17, 15) is 0 Å². The Morgan fingerprint density at radius 3 is 2.28 bits per heavy atom. The third kappa shape index (κ3) is 2.99. The normalized spacial score (nSPS) is 23.8. The van der Waals surface area contributed by atoms with Crippen molar-refractivity contribution in [1.29, 1.82) is 0 Å². The van der Waals surface area contributed by atoms with Crippen molar-refractivity contribution in [3.63, 3.8) is 0 Å². The Balaban J connectivity index is 0.00000120. The van der Waals surface area contributed by atoms with Gasteiger partial charge >= 0.3 is 0 Å². The lowest BCUT2D eigenvalue weighted by atomic mass is 9.97. The van der Waals surface area contributed by atoms with Crippen molar-refractivity contribution >= 4 is 18.1 Å². The summed E-state index contributed by atoms with van der Waals surface area (Å²) in [6.07, 6.45) is 6.70. The van der Waals surface area contributed by atoms with Gasteiger partial charge in [0, 0.05) is 24.8 Å². The smallest absolute Gasteiger partial charge is 0.0366 e. The van der Waals surface area contributed by atoms with Crippen LogP contribution in [0.5, 0.6) is 0 Å². The summed E-state index contributed by atoms with van der Waals surface area (Å²) in [5.74, 6) is 0. The number of hydrogen-bond acceptors (Lipinski definition) is 2. The average Bonchev–Trinajstić information content (AvgIpc) is 2.94. The minimum Gasteiger partial charge on any atom is -0.372 e. The summed E-state index contributed by atoms with van der Waals surface area (Å²) in [6, 6.07) is 9.83. The number of piperidine rings is 1. The molecule has 1 aromatic carbocycles. The summed E-state index contributed by atoms with van der Waals surface area (Å²) in [7, 11) is 0. The van der Waals surface area contributed by atoms with Gasteiger partial charge in [0.1, 0.15) is 0 Å². The SMILES string of the molecule is Cl.c1cc(N2CCCC2)ccc1[C@@H]1CCCCN1. The molecule has 0 unspecified atom stereocenters. The van der Waals surface area contributed by atoms with E-state index < -0.39 is 0 Å². The maximum Gasteiger partial charge on any atom is 0.0366 e. The van der Waals surface area contributed by atoms with Gasteiger partial charge in [0.05, 0.1) is 0 Å². The van der Waals surface area contributed by atoms with Gasteiger partial charge in [0.15, 0.2) is 0 Å². The molecule has 1 N–H and O–H groups in total. The number of nitrogens with zero attached hydrogens (tertiary/aromatic N) is 1. The second-order valence-corrected chi connectivity index (χ2v) is 5.29. The molecule has 1 aromatic rings. The van der Waals surface area contributed by atoms with Crippen molar-refractivity contribution in [1.82, 2.24) is 5.32 Å². The molecule has 3 heteroatoms. The Morgan fingerprint density at radius 2 is 1.67 bits per heavy atom. The van der Waals surface area contributed by atoms with Crippen LogP contribution in [-0.4, -0.2) is 19.6 Å². The van der Waals surface area contributed by atoms with Gasteiger partial charge in [-0.05, 0) is 49.9 Å². The van der Waals surface area contributed by atoms with Gasteiger partial charge in [-0.3, -0.25) is 0 Å². The standard InChI is InChI=1S/C15H22N2.ClH/c1-2-10-16-15(5-1)13-6-8-14(9-7-13)17-11-3-4-12-17;/h6-9,15-16H,1-5,10-12H2;1H/t15-;/m0./s1. The highest BCUT2D eigenvalue weighted by Gasteiger charge is 2.16. The molecule has 18 heavy (non-hydrogen) atoms. The van der Waals surface area contributed by atoms with E-state index in [1.54, 1.807) is 0 Å². The first-order valence-corrected chi connectivity index (χ1v) is 7.02. The quantitative estimate of drug-likeness (QED) is 0.881. The largest absolute Gasteiger partial charge is 0.372 e. The Morgan fingerprint density at radius 1 is 0.944 bits per heavy atom. The third-order valence-electron chi connectivity index (χ3n) is 4.08. The second kappa shape index (κ2) is 6.44. The molecule has 2 heterocycles. The third-order valence-corrected chi connectivity index (χ3v) is 4.08. The molecule has 3 rings (SSSR count). The minimum atomic E-state index is 0. The van der Waals surface area contributed by atoms with E-state index in [0.717, 1.165) is 0 Å². The molecule has 100 valence electrons. The van der Waals surface area contributed by atoms with Crippen molar-refractivity contribution < 1.29 is 0 Å². The van der Waals surface area contributed by atoms with Gasteiger partial charge in [-0.2, -0.15) is 0 Å². The molecule has 2 aliphatic rings. The van der Waals surface area contributed by atoms with Crippen LogP contribution in [0.4, 0.5) is 5.69 Å². The summed E-state index contributed by atoms with van der Waals surface area (Å²) in [4.78, 5) is 2.50. The fourth-order valence-corrected chi connectivity index (χ4v) is 3.03. The Labute approximate surface area is 116 Å². The van der Waals surface area contributed by atoms with Crippen LogP contribution in [0.2, 0.25) is 0 Å². The van der Waals surface area contributed by atoms with E-state index in [-0.39, 0.29) is 12.4 Å². The van der Waals surface area contributed by atoms with E-state index in [1.807, 2.05) is 0 Å². The fraction of sp³-hybridized carbons (Fsp3) is 0.600. The van der Waals surface area contributed by atoms with Gasteiger partial charge in [-0.1, -0.05) is 18.6 Å². The predicted octanol–water partition coefficient (Wildman–Crippen LogP) is 3.52. The van der Waals surface area contributed by atoms with Crippen molar-refractivity contribution in [2.75, 3.05) is 24.5 Å². The molecular formula is C15H23ClN2. The molecular weight excluding hydrogens is 244 g/mol. The molecule has 0 saturated carbocycles. The van der Waals surface area contributed by atoms with E-state index in [1.165, 1.54) is 63.0 Å². The summed E-state index contributed by atoms with van der Waals surface area (Å²) < 4.78 is 0. The Bertz CT molecular complexity index is 351. The molecule has 1 atom stereocenters. The van der Waals surface area contributed by atoms with Crippen molar-refractivity contribution in [3.05, 3.63) is 29.8 Å². The maximum atomic E-state index is 3.61. The zero-order chi connectivity index (χ0) is 11.5. The highest BCUT2D eigenvalue weighted by molar-refractivity contribution is 5.85. The minimum absolute atomic E-state index is 0. The van der Waals surface area contributed by atoms with Crippen molar-refractivity contribution in [3.8, 4) is 0 Å². The van der Waals surface area contributed by atoms with Gasteiger partial charge in [-0.15, -0.1) is 12.4 Å². The lowest BCUT2D eigenvalue weighted by Crippen LogP contribution is -2.26. The zero-order valence-corrected chi connectivity index (χ0v) is 11.7. The number of benzene rings is 1. The Hall–Kier alpha value is -0.730. The molecule has 0 amide bonds. The highest BCUT2D eigenvalue weighted by atomic mass is 35.5. The number of anilines is 1. The van der Waals surface area contributed by atoms with Crippen LogP contribution in [0.25, 0.3) is 0 Å². The number of halogens is 1. The molecule has 2 fully saturated rings. The van der Waals surface area contributed by atoms with Crippen LogP contribution < -0.4 is 10.2 Å². The van der Waals surface area contributed by atoms with Crippen LogP contribution in [0.1, 0.15) is 43.7 Å². The number of hydrogen-bond donors (Lipinski definition) is 1. The van der Waals surface area contributed by atoms with Gasteiger partial charge in [0.25, 0.3) is 0 Å². The summed E-state index contributed by atoms with van der Waals surface area (Å²) in [6.45, 7) is 3.65. The van der Waals surface area contributed by atoms with Crippen LogP contribution in [0.3, 0.4) is 0 Å². The molecule has 2 saturated heterocycles. The Kier molecular flexibility index (Phi) is 4.90. The predicted molar refractivity (Wildman–Crippen MR) is 79.7 cm³/mol. The first-order valence-electron chi connectivity index (χ1n) is 7.02. The summed E-state index contributed by atoms with van der Waals surface area (Å²) >= 11 is 0. The van der Waals surface area contributed by atoms with Crippen LogP contribution >= 0.6 is 12.4 Å². The van der Waals surface area contributed by atoms with Crippen LogP contribution in [0, 0.1) is 0 Å². The molecule has 0 aromatic heterocycles. The number of rotatable bonds is 2. The molecule has 2 nitrogen and oxygen atoms in total. The number of nitrogens with one attached hydrogen (secondary N) is 1. The van der Waals surface area contributed by atoms with Crippen LogP contribution in [-0.2, 0) is 0 Å². The second-order valence-electron chi connectivity index (χ2n) is 5.29. The average molecular weight is 267 g/mol. The van der Waals surface area contributed by atoms with E-state index in [2.05, 4.69) is 34.5 Å². The maximum absolute atomic E-state index is 3.61. The van der Waals surface area contributed by atoms with Gasteiger partial charge in [-0.25, -0.2) is 0 Å². The molecule has 0 bridgehead atoms. The summed E-state index contributed by atoms with van der Waals surface area (Å²) in [5, 5.41) is 3.61. The first-order chi connectivity index (χ1) is 8.43. The monoisotopic (exact) mass is 266 g/mol. The fourth-order valence-electron chi connectivity index (χ4n) is 3.03. The van der Waals surface area contributed by atoms with E-state index in [0.29, 0.717) is 6.04 Å². The van der Waals surface area contributed by atoms with E-state index >= 15 is 0 Å². The highest BCUT2D eigenvalue weighted by Crippen LogP contribution is 2.26. The van der Waals surface area contributed by atoms with Crippen molar-refractivity contribution in [2.24, 2.45) is 0 Å². The van der Waals surface area contributed by atoms with Crippen molar-refractivity contribution in [2.45, 2.75) is 38.1 Å². The van der Waals surface area contributed by atoms with Gasteiger partial charge in [0.2, 0.25) is 0 Å². The van der Waals surface area contributed by atoms with E-state index in [4.69, 9.17) is 0 Å². The van der Waals surface area contributed by atoms with Gasteiger partial charge < -0.3 is 10.2 Å².